The fourth-order valence-electron chi connectivity index (χ4n) is 1.76. The summed E-state index contributed by atoms with van der Waals surface area (Å²) >= 11 is 0. The van der Waals surface area contributed by atoms with Crippen LogP contribution in [0.25, 0.3) is 0 Å². The summed E-state index contributed by atoms with van der Waals surface area (Å²) in [5.74, 6) is 0.856. The van der Waals surface area contributed by atoms with Gasteiger partial charge >= 0.3 is 0 Å². The maximum Gasteiger partial charge on any atom is 0.132 e. The van der Waals surface area contributed by atoms with Crippen molar-refractivity contribution in [3.05, 3.63) is 0 Å². The first-order valence-corrected chi connectivity index (χ1v) is 4.51. The molecule has 2 nitrogen and oxygen atoms in total. The van der Waals surface area contributed by atoms with Crippen molar-refractivity contribution in [2.45, 2.75) is 45.1 Å². The van der Waals surface area contributed by atoms with Crippen LogP contribution in [0.4, 0.5) is 0 Å². The number of Topliss-reactive ketones (excluding diaryl/α,β-unsaturated/α-hetero) is 1. The summed E-state index contributed by atoms with van der Waals surface area (Å²) in [5, 5.41) is 0. The summed E-state index contributed by atoms with van der Waals surface area (Å²) < 4.78 is 0. The Bertz CT molecular complexity index is 144. The third-order valence-corrected chi connectivity index (χ3v) is 2.60. The van der Waals surface area contributed by atoms with E-state index < -0.39 is 0 Å². The molecule has 1 saturated carbocycles. The second-order valence-electron chi connectivity index (χ2n) is 3.45. The largest absolute Gasteiger partial charge is 0.327 e. The number of nitrogens with two attached hydrogens (primary N) is 1. The van der Waals surface area contributed by atoms with Crippen LogP contribution in [0.2, 0.25) is 0 Å². The van der Waals surface area contributed by atoms with Crippen molar-refractivity contribution in [3.8, 4) is 0 Å². The molecule has 1 aliphatic rings. The van der Waals surface area contributed by atoms with Crippen LogP contribution in [0.1, 0.15) is 39.0 Å². The van der Waals surface area contributed by atoms with E-state index in [9.17, 15) is 4.79 Å². The summed E-state index contributed by atoms with van der Waals surface area (Å²) in [7, 11) is 0. The molecule has 1 aliphatic carbocycles. The molecule has 0 saturated heterocycles. The number of hydrogen-bond donors (Lipinski definition) is 1. The molecule has 0 aromatic carbocycles. The normalized spacial score (nSPS) is 30.7. The predicted octanol–water partition coefficient (Wildman–Crippen LogP) is 1.48. The van der Waals surface area contributed by atoms with Crippen LogP contribution in [0.15, 0.2) is 0 Å². The molecule has 2 N–H and O–H groups in total. The minimum Gasteiger partial charge on any atom is -0.327 e. The Morgan fingerprint density at radius 3 is 2.73 bits per heavy atom. The van der Waals surface area contributed by atoms with Crippen LogP contribution in [0, 0.1) is 5.92 Å². The Balaban J connectivity index is 2.30. The van der Waals surface area contributed by atoms with E-state index in [0.717, 1.165) is 19.3 Å². The highest BCUT2D eigenvalue weighted by atomic mass is 16.1. The number of ketones is 1. The van der Waals surface area contributed by atoms with Gasteiger partial charge in [-0.2, -0.15) is 0 Å². The van der Waals surface area contributed by atoms with Crippen molar-refractivity contribution >= 4 is 5.78 Å². The fourth-order valence-corrected chi connectivity index (χ4v) is 1.76. The second kappa shape index (κ2) is 3.86. The minimum absolute atomic E-state index is 0.297. The second-order valence-corrected chi connectivity index (χ2v) is 3.45. The summed E-state index contributed by atoms with van der Waals surface area (Å²) in [5.41, 5.74) is 5.83. The lowest BCUT2D eigenvalue weighted by Crippen LogP contribution is -2.26. The van der Waals surface area contributed by atoms with E-state index in [1.165, 1.54) is 6.42 Å². The fraction of sp³-hybridized carbons (Fsp3) is 0.889. The zero-order valence-corrected chi connectivity index (χ0v) is 7.18. The topological polar surface area (TPSA) is 43.1 Å². The van der Waals surface area contributed by atoms with Gasteiger partial charge in [-0.15, -0.1) is 0 Å². The summed E-state index contributed by atoms with van der Waals surface area (Å²) in [6.07, 6.45) is 4.87. The van der Waals surface area contributed by atoms with Crippen LogP contribution in [-0.4, -0.2) is 11.8 Å². The summed E-state index contributed by atoms with van der Waals surface area (Å²) in [6.45, 7) is 1.92. The highest BCUT2D eigenvalue weighted by Crippen LogP contribution is 2.27. The van der Waals surface area contributed by atoms with Gasteiger partial charge in [0.05, 0.1) is 0 Å². The molecule has 0 aromatic rings. The van der Waals surface area contributed by atoms with E-state index in [-0.39, 0.29) is 0 Å². The average Bonchev–Trinajstić information content (AvgIpc) is 2.37. The highest BCUT2D eigenvalue weighted by molar-refractivity contribution is 5.78. The summed E-state index contributed by atoms with van der Waals surface area (Å²) in [4.78, 5) is 11.1. The molecule has 1 rings (SSSR count). The molecule has 0 aliphatic heterocycles. The minimum atomic E-state index is 0.297. The zero-order valence-electron chi connectivity index (χ0n) is 7.18. The summed E-state index contributed by atoms with van der Waals surface area (Å²) in [6, 6.07) is 0.297. The van der Waals surface area contributed by atoms with Crippen LogP contribution in [-0.2, 0) is 4.79 Å². The lowest BCUT2D eigenvalue weighted by Gasteiger charge is -2.12. The molecular formula is C9H17NO. The molecule has 0 unspecified atom stereocenters. The molecule has 0 radical (unpaired) electrons. The van der Waals surface area contributed by atoms with E-state index >= 15 is 0 Å². The van der Waals surface area contributed by atoms with E-state index in [2.05, 4.69) is 0 Å². The standard InChI is InChI=1S/C9H17NO/c1-2-8(11)6-7-4-3-5-9(7)10/h7,9H,2-6,10H2,1H3/t7-,9+/m0/s1. The first-order chi connectivity index (χ1) is 5.24. The zero-order chi connectivity index (χ0) is 8.27. The molecule has 0 heterocycles. The van der Waals surface area contributed by atoms with Gasteiger partial charge in [-0.3, -0.25) is 4.79 Å². The van der Waals surface area contributed by atoms with E-state index in [4.69, 9.17) is 5.73 Å². The Kier molecular flexibility index (Phi) is 3.06. The van der Waals surface area contributed by atoms with Gasteiger partial charge in [0.2, 0.25) is 0 Å². The van der Waals surface area contributed by atoms with Crippen molar-refractivity contribution in [1.82, 2.24) is 0 Å². The number of carbonyl (C=O) groups is 1. The van der Waals surface area contributed by atoms with Gasteiger partial charge in [0.1, 0.15) is 5.78 Å². The van der Waals surface area contributed by atoms with Gasteiger partial charge in [0, 0.05) is 18.9 Å². The number of hydrogen-bond acceptors (Lipinski definition) is 2. The van der Waals surface area contributed by atoms with Crippen molar-refractivity contribution in [2.24, 2.45) is 11.7 Å². The van der Waals surface area contributed by atoms with Gasteiger partial charge in [-0.25, -0.2) is 0 Å². The highest BCUT2D eigenvalue weighted by Gasteiger charge is 2.25. The van der Waals surface area contributed by atoms with Crippen molar-refractivity contribution in [1.29, 1.82) is 0 Å². The lowest BCUT2D eigenvalue weighted by atomic mass is 9.97. The monoisotopic (exact) mass is 155 g/mol. The van der Waals surface area contributed by atoms with Crippen LogP contribution < -0.4 is 5.73 Å². The van der Waals surface area contributed by atoms with Crippen molar-refractivity contribution in [3.63, 3.8) is 0 Å². The van der Waals surface area contributed by atoms with E-state index in [0.29, 0.717) is 24.2 Å². The average molecular weight is 155 g/mol. The first-order valence-electron chi connectivity index (χ1n) is 4.51. The quantitative estimate of drug-likeness (QED) is 0.671. The lowest BCUT2D eigenvalue weighted by molar-refractivity contribution is -0.119. The van der Waals surface area contributed by atoms with Crippen LogP contribution in [0.3, 0.4) is 0 Å². The van der Waals surface area contributed by atoms with E-state index in [1.54, 1.807) is 0 Å². The molecule has 0 spiro atoms. The molecule has 2 heteroatoms. The van der Waals surface area contributed by atoms with Crippen LogP contribution in [0.5, 0.6) is 0 Å². The van der Waals surface area contributed by atoms with Crippen molar-refractivity contribution < 1.29 is 4.79 Å². The van der Waals surface area contributed by atoms with Crippen LogP contribution >= 0.6 is 0 Å². The van der Waals surface area contributed by atoms with Crippen molar-refractivity contribution in [2.75, 3.05) is 0 Å². The van der Waals surface area contributed by atoms with Gasteiger partial charge in [0.25, 0.3) is 0 Å². The Labute approximate surface area is 68.2 Å². The number of carbonyl (C=O) groups excluding carboxylic acids is 1. The maximum absolute atomic E-state index is 11.1. The number of rotatable bonds is 3. The van der Waals surface area contributed by atoms with Gasteiger partial charge < -0.3 is 5.73 Å². The molecule has 0 aromatic heterocycles. The molecule has 2 atom stereocenters. The van der Waals surface area contributed by atoms with Gasteiger partial charge in [-0.1, -0.05) is 13.3 Å². The molecule has 0 amide bonds. The van der Waals surface area contributed by atoms with Gasteiger partial charge in [0.15, 0.2) is 0 Å². The maximum atomic E-state index is 11.1. The van der Waals surface area contributed by atoms with Gasteiger partial charge in [-0.05, 0) is 18.8 Å². The Hall–Kier alpha value is -0.370. The third kappa shape index (κ3) is 2.29. The Morgan fingerprint density at radius 1 is 1.55 bits per heavy atom. The third-order valence-electron chi connectivity index (χ3n) is 2.60. The SMILES string of the molecule is CCC(=O)C[C@@H]1CCC[C@H]1N. The molecule has 64 valence electrons. The smallest absolute Gasteiger partial charge is 0.132 e. The predicted molar refractivity (Wildman–Crippen MR) is 45.2 cm³/mol. The molecular weight excluding hydrogens is 138 g/mol. The molecule has 0 bridgehead atoms. The molecule has 11 heavy (non-hydrogen) atoms. The Morgan fingerprint density at radius 2 is 2.27 bits per heavy atom. The first kappa shape index (κ1) is 8.72. The molecule has 1 fully saturated rings. The van der Waals surface area contributed by atoms with E-state index in [1.807, 2.05) is 6.92 Å².